The van der Waals surface area contributed by atoms with E-state index in [-0.39, 0.29) is 5.97 Å². The van der Waals surface area contributed by atoms with E-state index >= 15 is 0 Å². The highest BCUT2D eigenvalue weighted by atomic mass is 16.5. The number of nitriles is 2. The molecular formula is C25H21N3O2. The Bertz CT molecular complexity index is 1220. The van der Waals surface area contributed by atoms with E-state index in [1.54, 1.807) is 37.3 Å². The number of hydrogen-bond donors (Lipinski definition) is 0. The number of ether oxygens (including phenoxy) is 1. The molecule has 0 radical (unpaired) electrons. The van der Waals surface area contributed by atoms with Gasteiger partial charge in [0.1, 0.15) is 0 Å². The van der Waals surface area contributed by atoms with Crippen molar-refractivity contribution < 1.29 is 9.53 Å². The zero-order chi connectivity index (χ0) is 21.7. The summed E-state index contributed by atoms with van der Waals surface area (Å²) in [4.78, 5) is 12.4. The van der Waals surface area contributed by atoms with Crippen LogP contribution in [0.3, 0.4) is 0 Å². The van der Waals surface area contributed by atoms with Crippen molar-refractivity contribution in [2.45, 2.75) is 20.8 Å². The molecule has 0 spiro atoms. The van der Waals surface area contributed by atoms with Crippen LogP contribution in [0.2, 0.25) is 0 Å². The van der Waals surface area contributed by atoms with Crippen molar-refractivity contribution in [3.05, 3.63) is 88.2 Å². The molecule has 0 unspecified atom stereocenters. The van der Waals surface area contributed by atoms with Crippen LogP contribution in [-0.4, -0.2) is 17.1 Å². The highest BCUT2D eigenvalue weighted by Crippen LogP contribution is 2.27. The van der Waals surface area contributed by atoms with Crippen LogP contribution in [0, 0.1) is 36.5 Å². The van der Waals surface area contributed by atoms with Crippen LogP contribution in [0.1, 0.15) is 45.4 Å². The summed E-state index contributed by atoms with van der Waals surface area (Å²) in [6, 6.07) is 20.6. The number of carbonyl (C=O) groups is 1. The zero-order valence-corrected chi connectivity index (χ0v) is 17.1. The molecule has 0 saturated heterocycles. The number of para-hydroxylation sites is 1. The van der Waals surface area contributed by atoms with E-state index in [1.807, 2.05) is 48.8 Å². The fourth-order valence-electron chi connectivity index (χ4n) is 3.45. The van der Waals surface area contributed by atoms with Crippen molar-refractivity contribution in [1.82, 2.24) is 4.57 Å². The third-order valence-corrected chi connectivity index (χ3v) is 4.83. The molecule has 3 rings (SSSR count). The summed E-state index contributed by atoms with van der Waals surface area (Å²) in [6.45, 7) is 5.98. The van der Waals surface area contributed by atoms with Gasteiger partial charge in [0.25, 0.3) is 0 Å². The van der Waals surface area contributed by atoms with Gasteiger partial charge in [-0.3, -0.25) is 0 Å². The fraction of sp³-hybridized carbons (Fsp3) is 0.160. The predicted molar refractivity (Wildman–Crippen MR) is 116 cm³/mol. The first kappa shape index (κ1) is 20.6. The van der Waals surface area contributed by atoms with Gasteiger partial charge < -0.3 is 9.30 Å². The Morgan fingerprint density at radius 1 is 1.10 bits per heavy atom. The minimum absolute atomic E-state index is 0.304. The molecule has 0 aliphatic heterocycles. The smallest absolute Gasteiger partial charge is 0.340 e. The fourth-order valence-corrected chi connectivity index (χ4v) is 3.45. The maximum absolute atomic E-state index is 12.4. The molecule has 2 aromatic carbocycles. The lowest BCUT2D eigenvalue weighted by atomic mass is 10.0. The van der Waals surface area contributed by atoms with Gasteiger partial charge in [-0.15, -0.1) is 0 Å². The Morgan fingerprint density at radius 2 is 1.87 bits per heavy atom. The van der Waals surface area contributed by atoms with E-state index < -0.39 is 0 Å². The Kier molecular flexibility index (Phi) is 6.15. The van der Waals surface area contributed by atoms with Crippen molar-refractivity contribution in [2.75, 3.05) is 6.61 Å². The number of rotatable bonds is 5. The highest BCUT2D eigenvalue weighted by molar-refractivity contribution is 5.94. The second kappa shape index (κ2) is 8.94. The lowest BCUT2D eigenvalue weighted by Crippen LogP contribution is -2.11. The van der Waals surface area contributed by atoms with Crippen LogP contribution >= 0.6 is 0 Å². The number of carbonyl (C=O) groups excluding carboxylic acids is 1. The Labute approximate surface area is 176 Å². The first-order valence-electron chi connectivity index (χ1n) is 9.58. The van der Waals surface area contributed by atoms with Gasteiger partial charge in [-0.1, -0.05) is 24.3 Å². The van der Waals surface area contributed by atoms with E-state index in [2.05, 4.69) is 12.1 Å². The number of aromatic nitrogens is 1. The Hall–Kier alpha value is -4.09. The molecule has 0 aliphatic carbocycles. The molecule has 0 atom stereocenters. The maximum Gasteiger partial charge on any atom is 0.340 e. The van der Waals surface area contributed by atoms with Gasteiger partial charge in [-0.05, 0) is 68.3 Å². The van der Waals surface area contributed by atoms with Gasteiger partial charge >= 0.3 is 5.97 Å². The topological polar surface area (TPSA) is 78.8 Å². The second-order valence-electron chi connectivity index (χ2n) is 6.76. The van der Waals surface area contributed by atoms with Crippen molar-refractivity contribution in [3.63, 3.8) is 0 Å². The molecule has 0 fully saturated rings. The largest absolute Gasteiger partial charge is 0.462 e. The molecule has 0 aliphatic rings. The van der Waals surface area contributed by atoms with Gasteiger partial charge in [0, 0.05) is 11.4 Å². The van der Waals surface area contributed by atoms with Gasteiger partial charge in [0.2, 0.25) is 0 Å². The van der Waals surface area contributed by atoms with E-state index in [4.69, 9.17) is 10.00 Å². The van der Waals surface area contributed by atoms with Crippen molar-refractivity contribution >= 4 is 17.6 Å². The molecule has 5 nitrogen and oxygen atoms in total. The number of nitrogens with zero attached hydrogens (tertiary/aromatic N) is 3. The quantitative estimate of drug-likeness (QED) is 0.439. The second-order valence-corrected chi connectivity index (χ2v) is 6.76. The summed E-state index contributed by atoms with van der Waals surface area (Å²) >= 11 is 0. The summed E-state index contributed by atoms with van der Waals surface area (Å²) in [5, 5.41) is 18.8. The average Bonchev–Trinajstić information content (AvgIpc) is 3.04. The number of hydrogen-bond acceptors (Lipinski definition) is 4. The van der Waals surface area contributed by atoms with Crippen LogP contribution in [0.5, 0.6) is 0 Å². The van der Waals surface area contributed by atoms with Gasteiger partial charge in [-0.25, -0.2) is 4.79 Å². The lowest BCUT2D eigenvalue weighted by Gasteiger charge is -2.14. The monoisotopic (exact) mass is 395 g/mol. The first-order valence-corrected chi connectivity index (χ1v) is 9.58. The summed E-state index contributed by atoms with van der Waals surface area (Å²) in [6.07, 6.45) is 1.81. The minimum Gasteiger partial charge on any atom is -0.462 e. The predicted octanol–water partition coefficient (Wildman–Crippen LogP) is 5.21. The number of aryl methyl sites for hydroxylation is 1. The van der Waals surface area contributed by atoms with E-state index in [1.165, 1.54) is 0 Å². The first-order chi connectivity index (χ1) is 14.5. The van der Waals surface area contributed by atoms with Crippen molar-refractivity contribution in [3.8, 4) is 17.8 Å². The summed E-state index contributed by atoms with van der Waals surface area (Å²) in [7, 11) is 0. The molecule has 3 aromatic rings. The minimum atomic E-state index is -0.372. The molecule has 0 N–H and O–H groups in total. The Balaban J connectivity index is 2.12. The molecule has 1 aromatic heterocycles. The van der Waals surface area contributed by atoms with Gasteiger partial charge in [0.15, 0.2) is 0 Å². The SMILES string of the molecule is CCOC(=O)c1ccccc1-n1c(C)cc(/C=C(/C#N)c2cccc(C#N)c2)c1C. The normalized spacial score (nSPS) is 10.9. The summed E-state index contributed by atoms with van der Waals surface area (Å²) in [5.74, 6) is -0.372. The molecule has 1 heterocycles. The van der Waals surface area contributed by atoms with E-state index in [0.29, 0.717) is 28.9 Å². The van der Waals surface area contributed by atoms with Crippen LogP contribution in [0.15, 0.2) is 54.6 Å². The third kappa shape index (κ3) is 4.01. The Morgan fingerprint density at radius 3 is 2.57 bits per heavy atom. The molecule has 148 valence electrons. The van der Waals surface area contributed by atoms with Gasteiger partial charge in [0.05, 0.1) is 41.1 Å². The van der Waals surface area contributed by atoms with Crippen molar-refractivity contribution in [1.29, 1.82) is 10.5 Å². The van der Waals surface area contributed by atoms with Crippen LogP contribution < -0.4 is 0 Å². The molecular weight excluding hydrogens is 374 g/mol. The molecule has 0 saturated carbocycles. The summed E-state index contributed by atoms with van der Waals surface area (Å²) in [5.41, 5.74) is 5.56. The van der Waals surface area contributed by atoms with Gasteiger partial charge in [-0.2, -0.15) is 10.5 Å². The van der Waals surface area contributed by atoms with Crippen molar-refractivity contribution in [2.24, 2.45) is 0 Å². The number of benzene rings is 2. The highest BCUT2D eigenvalue weighted by Gasteiger charge is 2.17. The number of esters is 1. The van der Waals surface area contributed by atoms with Crippen LogP contribution in [-0.2, 0) is 4.74 Å². The standard InChI is InChI=1S/C25H21N3O2/c1-4-30-25(29)23-10-5-6-11-24(23)28-17(2)12-21(18(28)3)14-22(16-27)20-9-7-8-19(13-20)15-26/h5-14H,4H2,1-3H3/b22-14-. The van der Waals surface area contributed by atoms with E-state index in [0.717, 1.165) is 22.6 Å². The molecule has 0 amide bonds. The molecule has 5 heteroatoms. The average molecular weight is 395 g/mol. The molecule has 30 heavy (non-hydrogen) atoms. The number of allylic oxidation sites excluding steroid dienone is 1. The van der Waals surface area contributed by atoms with Crippen LogP contribution in [0.25, 0.3) is 17.3 Å². The van der Waals surface area contributed by atoms with E-state index in [9.17, 15) is 10.1 Å². The van der Waals surface area contributed by atoms with Crippen LogP contribution in [0.4, 0.5) is 0 Å². The third-order valence-electron chi connectivity index (χ3n) is 4.83. The zero-order valence-electron chi connectivity index (χ0n) is 17.1. The lowest BCUT2D eigenvalue weighted by molar-refractivity contribution is 0.0526. The summed E-state index contributed by atoms with van der Waals surface area (Å²) < 4.78 is 7.19. The maximum atomic E-state index is 12.4. The molecule has 0 bridgehead atoms.